The summed E-state index contributed by atoms with van der Waals surface area (Å²) in [5.74, 6) is 1.88. The van der Waals surface area contributed by atoms with Gasteiger partial charge < -0.3 is 5.32 Å². The maximum Gasteiger partial charge on any atom is 0.433 e. The van der Waals surface area contributed by atoms with E-state index in [4.69, 9.17) is 0 Å². The van der Waals surface area contributed by atoms with Gasteiger partial charge in [-0.3, -0.25) is 9.48 Å². The third kappa shape index (κ3) is 3.38. The maximum atomic E-state index is 13.7. The highest BCUT2D eigenvalue weighted by Gasteiger charge is 2.47. The molecule has 1 amide bonds. The van der Waals surface area contributed by atoms with Gasteiger partial charge in [-0.05, 0) is 83.0 Å². The number of fused-ring (bicyclic) bond motifs is 2. The lowest BCUT2D eigenvalue weighted by Gasteiger charge is -2.27. The Labute approximate surface area is 157 Å². The number of nitrogens with zero attached hydrogens (tertiary/aromatic N) is 2. The van der Waals surface area contributed by atoms with E-state index in [0.29, 0.717) is 11.8 Å². The van der Waals surface area contributed by atoms with Crippen molar-refractivity contribution in [2.45, 2.75) is 77.1 Å². The summed E-state index contributed by atoms with van der Waals surface area (Å²) in [6.45, 7) is 4.95. The number of aromatic nitrogens is 2. The van der Waals surface area contributed by atoms with Gasteiger partial charge in [-0.2, -0.15) is 18.3 Å². The lowest BCUT2D eigenvalue weighted by atomic mass is 9.80. The highest BCUT2D eigenvalue weighted by Crippen LogP contribution is 2.53. The fourth-order valence-corrected chi connectivity index (χ4v) is 5.81. The minimum atomic E-state index is -4.63. The number of alkyl halides is 3. The van der Waals surface area contributed by atoms with Crippen LogP contribution in [0.2, 0.25) is 0 Å². The normalized spacial score (nSPS) is 33.2. The molecule has 0 saturated heterocycles. The van der Waals surface area contributed by atoms with E-state index < -0.39 is 23.3 Å². The summed E-state index contributed by atoms with van der Waals surface area (Å²) in [5, 5.41) is 6.88. The largest absolute Gasteiger partial charge is 0.433 e. The quantitative estimate of drug-likeness (QED) is 0.811. The standard InChI is InChI=1S/C20H28F3N3O/c1-19(2,3)26-17(20(21,22)23)15(10-24-26)18(27)25-16-5-4-11-6-12-8-13(7-11)14(16)9-12/h10-14,16H,4-9H2,1-3H3,(H,25,27). The Morgan fingerprint density at radius 2 is 1.81 bits per heavy atom. The van der Waals surface area contributed by atoms with Gasteiger partial charge in [0.05, 0.1) is 17.3 Å². The van der Waals surface area contributed by atoms with E-state index in [-0.39, 0.29) is 11.6 Å². The van der Waals surface area contributed by atoms with Crippen LogP contribution in [0.1, 0.15) is 75.3 Å². The summed E-state index contributed by atoms with van der Waals surface area (Å²) in [6, 6.07) is -0.0168. The van der Waals surface area contributed by atoms with E-state index in [1.807, 2.05) is 0 Å². The fraction of sp³-hybridized carbons (Fsp3) is 0.800. The number of carbonyl (C=O) groups excluding carboxylic acids is 1. The van der Waals surface area contributed by atoms with E-state index in [1.54, 1.807) is 20.8 Å². The van der Waals surface area contributed by atoms with E-state index in [0.717, 1.165) is 42.0 Å². The Morgan fingerprint density at radius 3 is 2.48 bits per heavy atom. The summed E-state index contributed by atoms with van der Waals surface area (Å²) in [6.07, 6.45) is 3.25. The molecule has 0 aromatic carbocycles. The topological polar surface area (TPSA) is 46.9 Å². The Hall–Kier alpha value is -1.53. The van der Waals surface area contributed by atoms with Gasteiger partial charge in [-0.25, -0.2) is 0 Å². The van der Waals surface area contributed by atoms with Crippen LogP contribution < -0.4 is 5.32 Å². The zero-order valence-electron chi connectivity index (χ0n) is 16.1. The molecular formula is C20H28F3N3O. The molecule has 1 aromatic heterocycles. The first-order valence-corrected chi connectivity index (χ1v) is 10.0. The summed E-state index contributed by atoms with van der Waals surface area (Å²) in [5.41, 5.74) is -2.17. The Morgan fingerprint density at radius 1 is 1.11 bits per heavy atom. The number of hydrogen-bond donors (Lipinski definition) is 1. The molecule has 3 fully saturated rings. The van der Waals surface area contributed by atoms with Gasteiger partial charge in [-0.1, -0.05) is 0 Å². The van der Waals surface area contributed by atoms with Crippen LogP contribution in [0.4, 0.5) is 13.2 Å². The molecule has 4 nitrogen and oxygen atoms in total. The molecule has 3 saturated carbocycles. The third-order valence-electron chi connectivity index (χ3n) is 6.79. The van der Waals surface area contributed by atoms with Crippen LogP contribution in [0.5, 0.6) is 0 Å². The molecule has 4 rings (SSSR count). The molecule has 7 heteroatoms. The number of amides is 1. The van der Waals surface area contributed by atoms with Crippen LogP contribution >= 0.6 is 0 Å². The number of carbonyl (C=O) groups is 1. The number of hydrogen-bond acceptors (Lipinski definition) is 2. The average Bonchev–Trinajstić information content (AvgIpc) is 3.09. The molecule has 1 N–H and O–H groups in total. The second kappa shape index (κ2) is 6.24. The molecule has 0 spiro atoms. The van der Waals surface area contributed by atoms with E-state index >= 15 is 0 Å². The number of rotatable bonds is 2. The second-order valence-corrected chi connectivity index (χ2v) is 9.74. The van der Waals surface area contributed by atoms with Crippen LogP contribution in [0.3, 0.4) is 0 Å². The Balaban J connectivity index is 1.60. The van der Waals surface area contributed by atoms with Crippen molar-refractivity contribution in [1.82, 2.24) is 15.1 Å². The number of nitrogens with one attached hydrogen (secondary N) is 1. The van der Waals surface area contributed by atoms with E-state index in [9.17, 15) is 18.0 Å². The highest BCUT2D eigenvalue weighted by molar-refractivity contribution is 5.95. The van der Waals surface area contributed by atoms with Gasteiger partial charge in [-0.15, -0.1) is 0 Å². The molecule has 5 atom stereocenters. The third-order valence-corrected chi connectivity index (χ3v) is 6.79. The molecule has 5 unspecified atom stereocenters. The van der Waals surface area contributed by atoms with Crippen LogP contribution in [0, 0.1) is 23.7 Å². The highest BCUT2D eigenvalue weighted by atomic mass is 19.4. The average molecular weight is 383 g/mol. The lowest BCUT2D eigenvalue weighted by molar-refractivity contribution is -0.146. The zero-order chi connectivity index (χ0) is 19.6. The smallest absolute Gasteiger partial charge is 0.349 e. The first-order valence-electron chi connectivity index (χ1n) is 10.0. The van der Waals surface area contributed by atoms with Crippen molar-refractivity contribution in [2.75, 3.05) is 0 Å². The SMILES string of the molecule is CC(C)(C)n1ncc(C(=O)NC2CCC3CC4CC(C3)C2C4)c1C(F)(F)F. The lowest BCUT2D eigenvalue weighted by Crippen LogP contribution is -2.41. The minimum absolute atomic E-state index is 0.0168. The van der Waals surface area contributed by atoms with Gasteiger partial charge >= 0.3 is 6.18 Å². The molecule has 3 aliphatic carbocycles. The molecule has 150 valence electrons. The van der Waals surface area contributed by atoms with Gasteiger partial charge in [0.1, 0.15) is 0 Å². The van der Waals surface area contributed by atoms with Crippen molar-refractivity contribution in [3.05, 3.63) is 17.5 Å². The van der Waals surface area contributed by atoms with Crippen LogP contribution in [-0.2, 0) is 11.7 Å². The van der Waals surface area contributed by atoms with Crippen LogP contribution in [0.15, 0.2) is 6.20 Å². The van der Waals surface area contributed by atoms with Crippen molar-refractivity contribution in [1.29, 1.82) is 0 Å². The van der Waals surface area contributed by atoms with Crippen molar-refractivity contribution in [2.24, 2.45) is 23.7 Å². The molecule has 0 radical (unpaired) electrons. The molecule has 27 heavy (non-hydrogen) atoms. The summed E-state index contributed by atoms with van der Waals surface area (Å²) in [7, 11) is 0. The molecule has 0 aliphatic heterocycles. The van der Waals surface area contributed by atoms with E-state index in [1.165, 1.54) is 19.3 Å². The van der Waals surface area contributed by atoms with Crippen LogP contribution in [0.25, 0.3) is 0 Å². The monoisotopic (exact) mass is 383 g/mol. The first kappa shape index (κ1) is 18.8. The van der Waals surface area contributed by atoms with Crippen molar-refractivity contribution in [3.8, 4) is 0 Å². The van der Waals surface area contributed by atoms with Crippen LogP contribution in [-0.4, -0.2) is 21.7 Å². The van der Waals surface area contributed by atoms with Crippen molar-refractivity contribution >= 4 is 5.91 Å². The molecular weight excluding hydrogens is 355 g/mol. The molecule has 1 heterocycles. The molecule has 3 aliphatic rings. The van der Waals surface area contributed by atoms with Gasteiger partial charge in [0.15, 0.2) is 5.69 Å². The number of halogens is 3. The predicted molar refractivity (Wildman–Crippen MR) is 95.1 cm³/mol. The van der Waals surface area contributed by atoms with Crippen molar-refractivity contribution in [3.63, 3.8) is 0 Å². The second-order valence-electron chi connectivity index (χ2n) is 9.74. The summed E-state index contributed by atoms with van der Waals surface area (Å²) >= 11 is 0. The van der Waals surface area contributed by atoms with Gasteiger partial charge in [0, 0.05) is 6.04 Å². The zero-order valence-corrected chi connectivity index (χ0v) is 16.1. The maximum absolute atomic E-state index is 13.7. The van der Waals surface area contributed by atoms with E-state index in [2.05, 4.69) is 10.4 Å². The predicted octanol–water partition coefficient (Wildman–Crippen LogP) is 4.60. The fourth-order valence-electron chi connectivity index (χ4n) is 5.81. The van der Waals surface area contributed by atoms with Gasteiger partial charge in [0.25, 0.3) is 5.91 Å². The molecule has 3 bridgehead atoms. The van der Waals surface area contributed by atoms with Gasteiger partial charge in [0.2, 0.25) is 0 Å². The summed E-state index contributed by atoms with van der Waals surface area (Å²) < 4.78 is 42.0. The molecule has 1 aromatic rings. The Kier molecular flexibility index (Phi) is 4.35. The summed E-state index contributed by atoms with van der Waals surface area (Å²) in [4.78, 5) is 12.8. The Bertz CT molecular complexity index is 734. The van der Waals surface area contributed by atoms with Crippen molar-refractivity contribution < 1.29 is 18.0 Å². The first-order chi connectivity index (χ1) is 12.5. The minimum Gasteiger partial charge on any atom is -0.349 e.